The smallest absolute Gasteiger partial charge is 0.159 e. The molecular formula is C125H83N7O2. The first-order chi connectivity index (χ1) is 66.3. The van der Waals surface area contributed by atoms with E-state index < -0.39 is 0 Å². The predicted molar refractivity (Wildman–Crippen MR) is 561 cm³/mol. The molecule has 1 unspecified atom stereocenters. The average Bonchev–Trinajstić information content (AvgIpc) is 1.55. The number of aryl methyl sites for hydroxylation is 2. The summed E-state index contributed by atoms with van der Waals surface area (Å²) in [5.74, 6) is -0.130. The van der Waals surface area contributed by atoms with Crippen LogP contribution in [0.2, 0.25) is 0 Å². The van der Waals surface area contributed by atoms with Crippen molar-refractivity contribution >= 4 is 204 Å². The van der Waals surface area contributed by atoms with Crippen molar-refractivity contribution in [1.82, 2.24) is 18.3 Å². The van der Waals surface area contributed by atoms with Crippen molar-refractivity contribution in [2.24, 2.45) is 0 Å². The van der Waals surface area contributed by atoms with Gasteiger partial charge in [-0.2, -0.15) is 0 Å². The highest BCUT2D eigenvalue weighted by molar-refractivity contribution is 6.32. The molecule has 0 fully saturated rings. The Kier molecular flexibility index (Phi) is 17.4. The third kappa shape index (κ3) is 12.0. The maximum atomic E-state index is 6.87. The normalized spacial score (nSPS) is 12.2. The monoisotopic (exact) mass is 1710 g/mol. The quantitative estimate of drug-likeness (QED) is 0.0903. The first-order valence-electron chi connectivity index (χ1n) is 46.0. The summed E-state index contributed by atoms with van der Waals surface area (Å²) in [5, 5.41) is 18.7. The Morgan fingerprint density at radius 1 is 0.194 bits per heavy atom. The fraction of sp³-hybridized carbons (Fsp3) is 0.0240. The maximum Gasteiger partial charge on any atom is 0.159 e. The first-order valence-corrected chi connectivity index (χ1v) is 46.0. The molecule has 1 atom stereocenters. The highest BCUT2D eigenvalue weighted by Crippen LogP contribution is 2.52. The predicted octanol–water partition coefficient (Wildman–Crippen LogP) is 34.4. The van der Waals surface area contributed by atoms with E-state index in [4.69, 9.17) is 8.83 Å². The lowest BCUT2D eigenvalue weighted by molar-refractivity contribution is 0.661. The lowest BCUT2D eigenvalue weighted by Crippen LogP contribution is -2.12. The molecular weight excluding hydrogens is 1630 g/mol. The Labute approximate surface area is 771 Å². The van der Waals surface area contributed by atoms with Crippen LogP contribution in [0.1, 0.15) is 33.7 Å². The van der Waals surface area contributed by atoms with Gasteiger partial charge < -0.3 is 41.8 Å². The zero-order chi connectivity index (χ0) is 88.3. The summed E-state index contributed by atoms with van der Waals surface area (Å²) < 4.78 is 23.6. The molecule has 134 heavy (non-hydrogen) atoms. The van der Waals surface area contributed by atoms with Gasteiger partial charge >= 0.3 is 0 Å². The van der Waals surface area contributed by atoms with Crippen LogP contribution in [0.25, 0.3) is 175 Å². The molecule has 0 radical (unpaired) electrons. The first kappa shape index (κ1) is 76.4. The lowest BCUT2D eigenvalue weighted by Gasteiger charge is -2.28. The summed E-state index contributed by atoms with van der Waals surface area (Å²) in [7, 11) is 0. The van der Waals surface area contributed by atoms with E-state index in [0.717, 1.165) is 178 Å². The fourth-order valence-electron chi connectivity index (χ4n) is 22.2. The van der Waals surface area contributed by atoms with E-state index in [1.54, 1.807) is 0 Å². The largest absolute Gasteiger partial charge is 0.456 e. The summed E-state index contributed by atoms with van der Waals surface area (Å²) in [4.78, 5) is 7.18. The molecule has 6 aromatic heterocycles. The molecule has 0 aliphatic heterocycles. The molecule has 27 aromatic rings. The van der Waals surface area contributed by atoms with Crippen molar-refractivity contribution < 1.29 is 8.83 Å². The molecule has 9 nitrogen and oxygen atoms in total. The van der Waals surface area contributed by atoms with Crippen LogP contribution >= 0.6 is 0 Å². The van der Waals surface area contributed by atoms with Crippen molar-refractivity contribution in [3.8, 4) is 22.7 Å². The number of benzene rings is 21. The van der Waals surface area contributed by atoms with Crippen LogP contribution in [0.15, 0.2) is 470 Å². The number of hydrogen-bond donors (Lipinski definition) is 0. The molecule has 6 heterocycles. The minimum absolute atomic E-state index is 0.130. The van der Waals surface area contributed by atoms with Crippen LogP contribution in [0, 0.1) is 13.8 Å². The Morgan fingerprint density at radius 3 is 0.933 bits per heavy atom. The van der Waals surface area contributed by atoms with Gasteiger partial charge in [0.15, 0.2) is 5.58 Å². The Morgan fingerprint density at radius 2 is 0.500 bits per heavy atom. The van der Waals surface area contributed by atoms with Crippen molar-refractivity contribution in [2.75, 3.05) is 14.7 Å². The van der Waals surface area contributed by atoms with Crippen molar-refractivity contribution in [3.63, 3.8) is 0 Å². The molecule has 27 rings (SSSR count). The third-order valence-electron chi connectivity index (χ3n) is 27.8. The molecule has 9 heteroatoms. The highest BCUT2D eigenvalue weighted by Gasteiger charge is 2.30. The van der Waals surface area contributed by atoms with Gasteiger partial charge in [0.2, 0.25) is 0 Å². The van der Waals surface area contributed by atoms with E-state index in [1.807, 2.05) is 6.07 Å². The standard InChI is InChI=1S/C125H83N7O2/c1-79-29-25-31-81(73-79)119(107-49-27-47-101-95-45-21-23-51-117(95)133-124(101)107)82-53-61-103-113(75-82)129(85-36-13-5-14-37-85)108-69-65-98-97(120(103)108)66-70-109-121(98)104-62-58-92(76-114(104)130(109)86-38-15-6-16-39-86)126(83-32-9-3-10-33-83)89-54-56-90(57-55-89)127(84-34-11-4-12-35-84)93-59-63-105-115(77-93)131(87-40-17-7-18-41-87)110-71-67-100-99(122(105)110)68-72-111-123(100)106-64-60-94(78-116(106)132(111)88-42-19-8-20-43-88)128(91-44-26-30-80(2)74-91)112-50-28-48-102-96-46-22-24-52-118(96)134-125(102)112/h3-78,119H,1-2H3. The number of hydrogen-bond acceptors (Lipinski definition) is 5. The Bertz CT molecular complexity index is 8870. The van der Waals surface area contributed by atoms with Crippen LogP contribution in [0.3, 0.4) is 0 Å². The summed E-state index contributed by atoms with van der Waals surface area (Å²) in [6.45, 7) is 4.35. The second-order valence-corrected chi connectivity index (χ2v) is 35.5. The van der Waals surface area contributed by atoms with Gasteiger partial charge in [-0.25, -0.2) is 0 Å². The zero-order valence-electron chi connectivity index (χ0n) is 73.4. The molecule has 21 aromatic carbocycles. The van der Waals surface area contributed by atoms with Gasteiger partial charge in [0.05, 0.1) is 49.8 Å². The molecule has 0 saturated carbocycles. The van der Waals surface area contributed by atoms with Crippen LogP contribution in [-0.2, 0) is 0 Å². The summed E-state index contributed by atoms with van der Waals surface area (Å²) in [6, 6.07) is 169. The van der Waals surface area contributed by atoms with Crippen molar-refractivity contribution in [3.05, 3.63) is 489 Å². The molecule has 0 N–H and O–H groups in total. The maximum absolute atomic E-state index is 6.87. The summed E-state index contributed by atoms with van der Waals surface area (Å²) in [6.07, 6.45) is 0. The molecule has 0 amide bonds. The average molecular weight is 1720 g/mol. The van der Waals surface area contributed by atoms with E-state index in [1.165, 1.54) is 76.1 Å². The van der Waals surface area contributed by atoms with Gasteiger partial charge in [-0.15, -0.1) is 0 Å². The summed E-state index contributed by atoms with van der Waals surface area (Å²) in [5.41, 5.74) is 32.0. The van der Waals surface area contributed by atoms with Crippen LogP contribution < -0.4 is 14.7 Å². The zero-order valence-corrected chi connectivity index (χ0v) is 73.4. The molecule has 0 spiro atoms. The number of rotatable bonds is 16. The van der Waals surface area contributed by atoms with Crippen LogP contribution in [0.4, 0.5) is 51.2 Å². The van der Waals surface area contributed by atoms with Gasteiger partial charge in [-0.3, -0.25) is 0 Å². The molecule has 0 saturated heterocycles. The Balaban J connectivity index is 0.592. The Hall–Kier alpha value is -17.7. The van der Waals surface area contributed by atoms with Gasteiger partial charge in [-0.05, 0) is 246 Å². The number of fused-ring (bicyclic) bond motifs is 24. The van der Waals surface area contributed by atoms with Crippen molar-refractivity contribution in [2.45, 2.75) is 19.8 Å². The number of furan rings is 2. The minimum atomic E-state index is -0.130. The second kappa shape index (κ2) is 30.5. The fourth-order valence-corrected chi connectivity index (χ4v) is 22.2. The molecule has 0 bridgehead atoms. The molecule has 630 valence electrons. The van der Waals surface area contributed by atoms with Gasteiger partial charge in [0, 0.05) is 144 Å². The van der Waals surface area contributed by atoms with E-state index in [0.29, 0.717) is 0 Å². The van der Waals surface area contributed by atoms with E-state index in [-0.39, 0.29) is 5.92 Å². The van der Waals surface area contributed by atoms with Crippen LogP contribution in [0.5, 0.6) is 0 Å². The topological polar surface area (TPSA) is 55.7 Å². The number of aromatic nitrogens is 4. The van der Waals surface area contributed by atoms with Gasteiger partial charge in [-0.1, -0.05) is 272 Å². The number of nitrogens with zero attached hydrogens (tertiary/aromatic N) is 7. The molecule has 0 aliphatic carbocycles. The second-order valence-electron chi connectivity index (χ2n) is 35.5. The lowest BCUT2D eigenvalue weighted by atomic mass is 9.83. The van der Waals surface area contributed by atoms with E-state index in [9.17, 15) is 0 Å². The van der Waals surface area contributed by atoms with Crippen LogP contribution in [-0.4, -0.2) is 18.3 Å². The third-order valence-corrected chi connectivity index (χ3v) is 27.8. The van der Waals surface area contributed by atoms with Gasteiger partial charge in [0.1, 0.15) is 16.7 Å². The van der Waals surface area contributed by atoms with Gasteiger partial charge in [0.25, 0.3) is 0 Å². The minimum Gasteiger partial charge on any atom is -0.456 e. The summed E-state index contributed by atoms with van der Waals surface area (Å²) >= 11 is 0. The number of para-hydroxylation sites is 10. The van der Waals surface area contributed by atoms with Crippen molar-refractivity contribution in [1.29, 1.82) is 0 Å². The van der Waals surface area contributed by atoms with E-state index >= 15 is 0 Å². The molecule has 0 aliphatic rings. The van der Waals surface area contributed by atoms with E-state index in [2.05, 4.69) is 502 Å². The SMILES string of the molecule is Cc1cccc(C(c2ccc3c4c5ccc6c(c5ccc4n(-c4ccccc4)c3c2)c2ccc(N(c3ccccc3)c3ccc(N(c4ccccc4)c4ccc5c7c8ccc9c(c8ccc7n(-c7ccccc7)c5c4)c4ccc(N(c5cccc(C)c5)c5cccc7c5oc5ccccc57)cc4n9-c4ccccc4)cc3)cc2n6-c2ccccc2)c2cccc3c2oc2ccccc23)c1. The highest BCUT2D eigenvalue weighted by atomic mass is 16.3. The number of anilines is 9.